The minimum absolute atomic E-state index is 0.280. The molecule has 1 heterocycles. The first kappa shape index (κ1) is 21.2. The minimum Gasteiger partial charge on any atom is -0.357 e. The Bertz CT molecular complexity index is 463. The number of hydrogen-bond donors (Lipinski definition) is 2. The predicted molar refractivity (Wildman–Crippen MR) is 102 cm³/mol. The number of hydrogen-bond acceptors (Lipinski definition) is 4. The van der Waals surface area contributed by atoms with E-state index in [0.29, 0.717) is 25.7 Å². The van der Waals surface area contributed by atoms with Crippen molar-refractivity contribution in [3.8, 4) is 0 Å². The molecule has 1 aliphatic rings. The summed E-state index contributed by atoms with van der Waals surface area (Å²) in [4.78, 5) is 6.81. The van der Waals surface area contributed by atoms with Crippen LogP contribution in [0.1, 0.15) is 47.0 Å². The lowest BCUT2D eigenvalue weighted by atomic mass is 10.0. The highest BCUT2D eigenvalue weighted by Gasteiger charge is 2.20. The van der Waals surface area contributed by atoms with Crippen LogP contribution in [0.2, 0.25) is 0 Å². The summed E-state index contributed by atoms with van der Waals surface area (Å²) < 4.78 is 22.9. The molecule has 1 atom stereocenters. The summed E-state index contributed by atoms with van der Waals surface area (Å²) in [6.45, 7) is 12.4. The van der Waals surface area contributed by atoms with E-state index >= 15 is 0 Å². The number of aliphatic imine (C=N–C) groups is 1. The zero-order chi connectivity index (χ0) is 18.0. The van der Waals surface area contributed by atoms with E-state index in [-0.39, 0.29) is 11.5 Å². The van der Waals surface area contributed by atoms with E-state index in [2.05, 4.69) is 48.2 Å². The van der Waals surface area contributed by atoms with Crippen LogP contribution in [0, 0.1) is 5.92 Å². The van der Waals surface area contributed by atoms with Gasteiger partial charge in [-0.1, -0.05) is 26.7 Å². The monoisotopic (exact) mass is 360 g/mol. The van der Waals surface area contributed by atoms with Crippen molar-refractivity contribution < 1.29 is 8.42 Å². The van der Waals surface area contributed by atoms with E-state index in [1.54, 1.807) is 0 Å². The smallest absolute Gasteiger partial charge is 0.191 e. The topological polar surface area (TPSA) is 73.8 Å². The summed E-state index contributed by atoms with van der Waals surface area (Å²) in [6.07, 6.45) is 3.64. The standard InChI is InChI=1S/C17H36N4O2S/c1-5-18-17(20-16(4)8-6-7-15(2)3)19-9-10-21-11-13-24(22,23)14-12-21/h15-16H,5-14H2,1-4H3,(H2,18,19,20). The van der Waals surface area contributed by atoms with Crippen LogP contribution in [0.3, 0.4) is 0 Å². The van der Waals surface area contributed by atoms with E-state index in [9.17, 15) is 8.42 Å². The van der Waals surface area contributed by atoms with Gasteiger partial charge in [-0.05, 0) is 26.2 Å². The van der Waals surface area contributed by atoms with Gasteiger partial charge in [-0.3, -0.25) is 9.89 Å². The minimum atomic E-state index is -2.80. The molecule has 1 fully saturated rings. The molecule has 1 aliphatic heterocycles. The van der Waals surface area contributed by atoms with E-state index in [1.165, 1.54) is 12.8 Å². The maximum Gasteiger partial charge on any atom is 0.191 e. The Hall–Kier alpha value is -0.820. The predicted octanol–water partition coefficient (Wildman–Crippen LogP) is 1.49. The highest BCUT2D eigenvalue weighted by atomic mass is 32.2. The summed E-state index contributed by atoms with van der Waals surface area (Å²) in [5, 5.41) is 6.75. The van der Waals surface area contributed by atoms with Gasteiger partial charge in [0.1, 0.15) is 0 Å². The third-order valence-electron chi connectivity index (χ3n) is 4.27. The molecular formula is C17H36N4O2S. The molecule has 0 aromatic heterocycles. The van der Waals surface area contributed by atoms with Crippen molar-refractivity contribution in [2.45, 2.75) is 53.0 Å². The van der Waals surface area contributed by atoms with Gasteiger partial charge in [0.2, 0.25) is 0 Å². The Balaban J connectivity index is 2.33. The highest BCUT2D eigenvalue weighted by Crippen LogP contribution is 2.08. The molecule has 1 rings (SSSR count). The number of sulfone groups is 1. The highest BCUT2D eigenvalue weighted by molar-refractivity contribution is 7.91. The largest absolute Gasteiger partial charge is 0.357 e. The summed E-state index contributed by atoms with van der Waals surface area (Å²) >= 11 is 0. The van der Waals surface area contributed by atoms with Crippen molar-refractivity contribution in [2.24, 2.45) is 10.9 Å². The van der Waals surface area contributed by atoms with E-state index in [4.69, 9.17) is 0 Å². The average molecular weight is 361 g/mol. The number of guanidine groups is 1. The van der Waals surface area contributed by atoms with E-state index in [1.807, 2.05) is 0 Å². The van der Waals surface area contributed by atoms with Gasteiger partial charge in [-0.15, -0.1) is 0 Å². The van der Waals surface area contributed by atoms with Gasteiger partial charge < -0.3 is 10.6 Å². The Morgan fingerprint density at radius 1 is 1.17 bits per heavy atom. The van der Waals surface area contributed by atoms with Crippen LogP contribution in [-0.2, 0) is 9.84 Å². The van der Waals surface area contributed by atoms with Crippen molar-refractivity contribution in [1.82, 2.24) is 15.5 Å². The van der Waals surface area contributed by atoms with Crippen molar-refractivity contribution in [3.05, 3.63) is 0 Å². The van der Waals surface area contributed by atoms with Crippen molar-refractivity contribution in [3.63, 3.8) is 0 Å². The van der Waals surface area contributed by atoms with E-state index < -0.39 is 9.84 Å². The molecular weight excluding hydrogens is 324 g/mol. The molecule has 0 aromatic carbocycles. The Morgan fingerprint density at radius 2 is 1.83 bits per heavy atom. The zero-order valence-corrected chi connectivity index (χ0v) is 16.7. The van der Waals surface area contributed by atoms with Crippen LogP contribution < -0.4 is 10.6 Å². The molecule has 142 valence electrons. The zero-order valence-electron chi connectivity index (χ0n) is 15.8. The summed E-state index contributed by atoms with van der Waals surface area (Å²) in [6, 6.07) is 0.404. The fourth-order valence-corrected chi connectivity index (χ4v) is 4.01. The SMILES string of the molecule is CCNC(=NCCN1CCS(=O)(=O)CC1)NC(C)CCCC(C)C. The molecule has 0 bridgehead atoms. The molecule has 1 saturated heterocycles. The molecule has 24 heavy (non-hydrogen) atoms. The maximum atomic E-state index is 11.4. The second-order valence-corrected chi connectivity index (χ2v) is 9.43. The molecule has 7 heteroatoms. The van der Waals surface area contributed by atoms with Crippen LogP contribution in [0.15, 0.2) is 4.99 Å². The number of rotatable bonds is 9. The molecule has 1 unspecified atom stereocenters. The number of nitrogens with zero attached hydrogens (tertiary/aromatic N) is 2. The van der Waals surface area contributed by atoms with Gasteiger partial charge in [0.15, 0.2) is 15.8 Å². The fraction of sp³-hybridized carbons (Fsp3) is 0.941. The molecule has 6 nitrogen and oxygen atoms in total. The van der Waals surface area contributed by atoms with Crippen LogP contribution >= 0.6 is 0 Å². The lowest BCUT2D eigenvalue weighted by molar-refractivity contribution is 0.304. The first-order chi connectivity index (χ1) is 11.3. The fourth-order valence-electron chi connectivity index (χ4n) is 2.73. The average Bonchev–Trinajstić information content (AvgIpc) is 2.48. The second-order valence-electron chi connectivity index (χ2n) is 7.12. The normalized spacial score (nSPS) is 20.1. The van der Waals surface area contributed by atoms with Crippen LogP contribution in [0.25, 0.3) is 0 Å². The maximum absolute atomic E-state index is 11.4. The van der Waals surface area contributed by atoms with Crippen LogP contribution in [0.5, 0.6) is 0 Å². The van der Waals surface area contributed by atoms with Crippen LogP contribution in [-0.4, -0.2) is 69.5 Å². The van der Waals surface area contributed by atoms with E-state index in [0.717, 1.165) is 31.4 Å². The van der Waals surface area contributed by atoms with Crippen molar-refractivity contribution in [1.29, 1.82) is 0 Å². The lowest BCUT2D eigenvalue weighted by Crippen LogP contribution is -2.44. The number of nitrogens with one attached hydrogen (secondary N) is 2. The summed E-state index contributed by atoms with van der Waals surface area (Å²) in [5.74, 6) is 2.18. The van der Waals surface area contributed by atoms with Gasteiger partial charge in [0.05, 0.1) is 18.1 Å². The van der Waals surface area contributed by atoms with Gasteiger partial charge in [0.25, 0.3) is 0 Å². The molecule has 0 spiro atoms. The molecule has 0 saturated carbocycles. The first-order valence-electron chi connectivity index (χ1n) is 9.30. The summed E-state index contributed by atoms with van der Waals surface area (Å²) in [5.41, 5.74) is 0. The lowest BCUT2D eigenvalue weighted by Gasteiger charge is -2.26. The van der Waals surface area contributed by atoms with Crippen molar-refractivity contribution >= 4 is 15.8 Å². The van der Waals surface area contributed by atoms with Crippen LogP contribution in [0.4, 0.5) is 0 Å². The molecule has 0 aromatic rings. The third-order valence-corrected chi connectivity index (χ3v) is 5.88. The Kier molecular flexibility index (Phi) is 9.66. The Labute approximate surface area is 148 Å². The van der Waals surface area contributed by atoms with Gasteiger partial charge in [-0.25, -0.2) is 8.42 Å². The molecule has 0 aliphatic carbocycles. The summed E-state index contributed by atoms with van der Waals surface area (Å²) in [7, 11) is -2.80. The van der Waals surface area contributed by atoms with Gasteiger partial charge in [-0.2, -0.15) is 0 Å². The third kappa shape index (κ3) is 9.47. The van der Waals surface area contributed by atoms with Gasteiger partial charge >= 0.3 is 0 Å². The Morgan fingerprint density at radius 3 is 2.42 bits per heavy atom. The second kappa shape index (κ2) is 10.9. The quantitative estimate of drug-likeness (QED) is 0.481. The molecule has 0 amide bonds. The molecule has 0 radical (unpaired) electrons. The van der Waals surface area contributed by atoms with Crippen molar-refractivity contribution in [2.75, 3.05) is 44.2 Å². The molecule has 2 N–H and O–H groups in total. The first-order valence-corrected chi connectivity index (χ1v) is 11.1. The van der Waals surface area contributed by atoms with Gasteiger partial charge in [0, 0.05) is 32.2 Å².